The molecule has 1 saturated carbocycles. The molecule has 3 aliphatic rings. The first kappa shape index (κ1) is 8.26. The zero-order valence-electron chi connectivity index (χ0n) is 8.08. The summed E-state index contributed by atoms with van der Waals surface area (Å²) >= 11 is 0. The van der Waals surface area contributed by atoms with Gasteiger partial charge in [0.05, 0.1) is 0 Å². The van der Waals surface area contributed by atoms with Crippen LogP contribution in [0.4, 0.5) is 0 Å². The van der Waals surface area contributed by atoms with Gasteiger partial charge >= 0.3 is 0 Å². The lowest BCUT2D eigenvalue weighted by Crippen LogP contribution is -2.71. The first-order valence-electron chi connectivity index (χ1n) is 5.36. The molecule has 0 bridgehead atoms. The molecule has 2 heterocycles. The Morgan fingerprint density at radius 2 is 2.07 bits per heavy atom. The van der Waals surface area contributed by atoms with Crippen molar-refractivity contribution in [3.05, 3.63) is 0 Å². The second kappa shape index (κ2) is 2.49. The molecule has 0 aromatic heterocycles. The number of fused-ring (bicyclic) bond motifs is 1. The highest BCUT2D eigenvalue weighted by atomic mass is 16.2. The van der Waals surface area contributed by atoms with Crippen LogP contribution in [-0.4, -0.2) is 34.8 Å². The fraction of sp³-hybridized carbons (Fsp3) is 0.800. The van der Waals surface area contributed by atoms with E-state index >= 15 is 0 Å². The summed E-state index contributed by atoms with van der Waals surface area (Å²) in [6, 6.07) is -0.159. The van der Waals surface area contributed by atoms with Crippen molar-refractivity contribution in [2.75, 3.05) is 6.54 Å². The number of hydrogen-bond donors (Lipinski definition) is 1. The fourth-order valence-electron chi connectivity index (χ4n) is 2.80. The van der Waals surface area contributed by atoms with E-state index in [0.29, 0.717) is 0 Å². The van der Waals surface area contributed by atoms with Crippen molar-refractivity contribution in [3.63, 3.8) is 0 Å². The summed E-state index contributed by atoms with van der Waals surface area (Å²) in [7, 11) is 0. The average Bonchev–Trinajstić information content (AvgIpc) is 2.57. The molecule has 0 radical (unpaired) electrons. The van der Waals surface area contributed by atoms with E-state index in [4.69, 9.17) is 0 Å². The summed E-state index contributed by atoms with van der Waals surface area (Å²) in [5.74, 6) is 0.243. The summed E-state index contributed by atoms with van der Waals surface area (Å²) in [6.45, 7) is 0.776. The maximum atomic E-state index is 12.1. The van der Waals surface area contributed by atoms with E-state index in [1.807, 2.05) is 0 Å². The van der Waals surface area contributed by atoms with Gasteiger partial charge in [-0.25, -0.2) is 0 Å². The van der Waals surface area contributed by atoms with Crippen molar-refractivity contribution < 1.29 is 9.59 Å². The van der Waals surface area contributed by atoms with E-state index in [0.717, 1.165) is 38.6 Å². The van der Waals surface area contributed by atoms with Gasteiger partial charge in [-0.05, 0) is 32.1 Å². The van der Waals surface area contributed by atoms with Gasteiger partial charge in [0.15, 0.2) is 0 Å². The molecule has 1 N–H and O–H groups in total. The van der Waals surface area contributed by atoms with Crippen molar-refractivity contribution in [3.8, 4) is 0 Å². The largest absolute Gasteiger partial charge is 0.340 e. The minimum absolute atomic E-state index is 0.0711. The van der Waals surface area contributed by atoms with Gasteiger partial charge in [-0.3, -0.25) is 9.59 Å². The molecule has 4 heteroatoms. The van der Waals surface area contributed by atoms with Crippen LogP contribution < -0.4 is 5.32 Å². The quantitative estimate of drug-likeness (QED) is 0.591. The predicted octanol–water partition coefficient (Wildman–Crippen LogP) is 0.0299. The molecule has 14 heavy (non-hydrogen) atoms. The van der Waals surface area contributed by atoms with Crippen LogP contribution in [-0.2, 0) is 9.59 Å². The second-order valence-electron chi connectivity index (χ2n) is 4.58. The molecule has 2 amide bonds. The van der Waals surface area contributed by atoms with E-state index < -0.39 is 5.54 Å². The molecule has 4 nitrogen and oxygen atoms in total. The highest BCUT2D eigenvalue weighted by Crippen LogP contribution is 2.38. The number of hydrogen-bond acceptors (Lipinski definition) is 2. The summed E-state index contributed by atoms with van der Waals surface area (Å²) in [4.78, 5) is 25.6. The maximum Gasteiger partial charge on any atom is 0.249 e. The van der Waals surface area contributed by atoms with Crippen molar-refractivity contribution in [1.29, 1.82) is 0 Å². The third kappa shape index (κ3) is 0.837. The lowest BCUT2D eigenvalue weighted by molar-refractivity contribution is -0.156. The first-order chi connectivity index (χ1) is 6.73. The number of carbonyl (C=O) groups is 2. The van der Waals surface area contributed by atoms with Crippen LogP contribution in [0, 0.1) is 0 Å². The standard InChI is InChI=1S/C10H14N2O2/c13-8-7-3-1-6-12(7)9(14)10(11-8)4-2-5-10/h7H,1-6H2,(H,11,13)/t7-/m0/s1. The summed E-state index contributed by atoms with van der Waals surface area (Å²) in [5.41, 5.74) is -0.488. The topological polar surface area (TPSA) is 49.4 Å². The molecule has 2 aliphatic heterocycles. The van der Waals surface area contributed by atoms with Gasteiger partial charge in [0.1, 0.15) is 11.6 Å². The van der Waals surface area contributed by atoms with Crippen LogP contribution in [0.2, 0.25) is 0 Å². The normalized spacial score (nSPS) is 34.0. The van der Waals surface area contributed by atoms with Crippen molar-refractivity contribution in [1.82, 2.24) is 10.2 Å². The number of rotatable bonds is 0. The van der Waals surface area contributed by atoms with E-state index in [1.165, 1.54) is 0 Å². The van der Waals surface area contributed by atoms with E-state index in [1.54, 1.807) is 4.90 Å². The Bertz CT molecular complexity index is 309. The van der Waals surface area contributed by atoms with Gasteiger partial charge in [0.2, 0.25) is 11.8 Å². The Labute approximate surface area is 82.6 Å². The molecule has 0 aromatic carbocycles. The molecule has 3 fully saturated rings. The number of nitrogens with zero attached hydrogens (tertiary/aromatic N) is 1. The summed E-state index contributed by atoms with van der Waals surface area (Å²) in [5, 5.41) is 2.92. The van der Waals surface area contributed by atoms with Gasteiger partial charge in [0.25, 0.3) is 0 Å². The van der Waals surface area contributed by atoms with Crippen molar-refractivity contribution in [2.24, 2.45) is 0 Å². The van der Waals surface area contributed by atoms with Gasteiger partial charge in [-0.15, -0.1) is 0 Å². The van der Waals surface area contributed by atoms with Gasteiger partial charge in [0, 0.05) is 6.54 Å². The summed E-state index contributed by atoms with van der Waals surface area (Å²) < 4.78 is 0. The number of amides is 2. The van der Waals surface area contributed by atoms with E-state index in [9.17, 15) is 9.59 Å². The molecule has 1 atom stereocenters. The van der Waals surface area contributed by atoms with Gasteiger partial charge in [-0.2, -0.15) is 0 Å². The zero-order valence-corrected chi connectivity index (χ0v) is 8.08. The fourth-order valence-corrected chi connectivity index (χ4v) is 2.80. The highest BCUT2D eigenvalue weighted by Gasteiger charge is 2.54. The molecule has 1 aliphatic carbocycles. The van der Waals surface area contributed by atoms with Gasteiger partial charge < -0.3 is 10.2 Å². The Morgan fingerprint density at radius 3 is 2.71 bits per heavy atom. The number of nitrogens with one attached hydrogen (secondary N) is 1. The first-order valence-corrected chi connectivity index (χ1v) is 5.36. The predicted molar refractivity (Wildman–Crippen MR) is 49.5 cm³/mol. The summed E-state index contributed by atoms with van der Waals surface area (Å²) in [6.07, 6.45) is 4.54. The van der Waals surface area contributed by atoms with Crippen LogP contribution >= 0.6 is 0 Å². The average molecular weight is 194 g/mol. The van der Waals surface area contributed by atoms with Crippen LogP contribution in [0.25, 0.3) is 0 Å². The third-order valence-corrected chi connectivity index (χ3v) is 3.80. The Hall–Kier alpha value is -1.06. The van der Waals surface area contributed by atoms with Crippen LogP contribution in [0.15, 0.2) is 0 Å². The Balaban J connectivity index is 1.93. The minimum Gasteiger partial charge on any atom is -0.340 e. The zero-order chi connectivity index (χ0) is 9.76. The minimum atomic E-state index is -0.488. The molecule has 1 spiro atoms. The maximum absolute atomic E-state index is 12.1. The van der Waals surface area contributed by atoms with Crippen LogP contribution in [0.1, 0.15) is 32.1 Å². The molecule has 0 aromatic rings. The lowest BCUT2D eigenvalue weighted by Gasteiger charge is -2.48. The third-order valence-electron chi connectivity index (χ3n) is 3.80. The van der Waals surface area contributed by atoms with Crippen LogP contribution in [0.3, 0.4) is 0 Å². The lowest BCUT2D eigenvalue weighted by atomic mass is 9.74. The highest BCUT2D eigenvalue weighted by molar-refractivity contribution is 6.00. The Kier molecular flexibility index (Phi) is 1.47. The molecule has 0 unspecified atom stereocenters. The number of carbonyl (C=O) groups excluding carboxylic acids is 2. The van der Waals surface area contributed by atoms with Gasteiger partial charge in [-0.1, -0.05) is 0 Å². The Morgan fingerprint density at radius 1 is 1.29 bits per heavy atom. The van der Waals surface area contributed by atoms with Crippen LogP contribution in [0.5, 0.6) is 0 Å². The van der Waals surface area contributed by atoms with Crippen molar-refractivity contribution >= 4 is 11.8 Å². The smallest absolute Gasteiger partial charge is 0.249 e. The molecular weight excluding hydrogens is 180 g/mol. The SMILES string of the molecule is O=C1NC2(CCC2)C(=O)N2CCC[C@@H]12. The monoisotopic (exact) mass is 194 g/mol. The van der Waals surface area contributed by atoms with Crippen molar-refractivity contribution in [2.45, 2.75) is 43.7 Å². The molecule has 2 saturated heterocycles. The number of piperazine rings is 1. The molecule has 76 valence electrons. The second-order valence-corrected chi connectivity index (χ2v) is 4.58. The van der Waals surface area contributed by atoms with E-state index in [-0.39, 0.29) is 17.9 Å². The van der Waals surface area contributed by atoms with E-state index in [2.05, 4.69) is 5.32 Å². The molecular formula is C10H14N2O2. The molecule has 3 rings (SSSR count).